The van der Waals surface area contributed by atoms with Crippen LogP contribution in [0.2, 0.25) is 10.0 Å². The van der Waals surface area contributed by atoms with Crippen molar-refractivity contribution in [2.75, 3.05) is 5.32 Å². The highest BCUT2D eigenvalue weighted by molar-refractivity contribution is 6.31. The van der Waals surface area contributed by atoms with Gasteiger partial charge in [0.25, 0.3) is 0 Å². The first kappa shape index (κ1) is 22.1. The fraction of sp³-hybridized carbons (Fsp3) is 0.391. The summed E-state index contributed by atoms with van der Waals surface area (Å²) in [7, 11) is 0. The lowest BCUT2D eigenvalue weighted by atomic mass is 9.62. The van der Waals surface area contributed by atoms with Gasteiger partial charge in [-0.25, -0.2) is 4.39 Å². The minimum absolute atomic E-state index is 0.120. The molecule has 4 rings (SSSR count). The van der Waals surface area contributed by atoms with Crippen molar-refractivity contribution in [3.63, 3.8) is 0 Å². The van der Waals surface area contributed by atoms with E-state index in [0.717, 1.165) is 0 Å². The Morgan fingerprint density at radius 1 is 1.19 bits per heavy atom. The molecule has 8 heteroatoms. The average Bonchev–Trinajstić information content (AvgIpc) is 3.12. The lowest BCUT2D eigenvalue weighted by molar-refractivity contribution is -0.139. The summed E-state index contributed by atoms with van der Waals surface area (Å²) in [5, 5.41) is 16.6. The van der Waals surface area contributed by atoms with Gasteiger partial charge in [-0.3, -0.25) is 14.9 Å². The molecule has 2 heterocycles. The van der Waals surface area contributed by atoms with Crippen LogP contribution in [-0.2, 0) is 15.0 Å². The number of halogens is 3. The van der Waals surface area contributed by atoms with Crippen LogP contribution in [0.4, 0.5) is 10.1 Å². The molecule has 1 saturated heterocycles. The number of carboxylic acids is 1. The third-order valence-corrected chi connectivity index (χ3v) is 6.72. The molecule has 3 N–H and O–H groups in total. The number of carbonyl (C=O) groups excluding carboxylic acids is 1. The number of hydrogen-bond donors (Lipinski definition) is 3. The number of rotatable bonds is 3. The van der Waals surface area contributed by atoms with Crippen molar-refractivity contribution in [2.24, 2.45) is 5.41 Å². The number of hydrogen-bond acceptors (Lipinski definition) is 3. The third kappa shape index (κ3) is 3.51. The molecule has 1 fully saturated rings. The molecule has 5 nitrogen and oxygen atoms in total. The van der Waals surface area contributed by atoms with Crippen molar-refractivity contribution in [2.45, 2.75) is 50.6 Å². The summed E-state index contributed by atoms with van der Waals surface area (Å²) in [6.45, 7) is 6.11. The molecule has 0 aromatic heterocycles. The van der Waals surface area contributed by atoms with E-state index in [2.05, 4.69) is 10.6 Å². The molecule has 1 unspecified atom stereocenters. The van der Waals surface area contributed by atoms with Gasteiger partial charge < -0.3 is 10.4 Å². The van der Waals surface area contributed by atoms with Gasteiger partial charge in [-0.2, -0.15) is 0 Å². The van der Waals surface area contributed by atoms with Crippen LogP contribution < -0.4 is 10.6 Å². The molecular formula is C23H23Cl2FN2O3. The number of carboxylic acid groups (broad SMARTS) is 1. The zero-order valence-corrected chi connectivity index (χ0v) is 18.8. The Kier molecular flexibility index (Phi) is 5.31. The smallest absolute Gasteiger partial charge is 0.321 e. The number of fused-ring (bicyclic) bond motifs is 2. The Bertz CT molecular complexity index is 1080. The molecule has 164 valence electrons. The maximum absolute atomic E-state index is 13.9. The van der Waals surface area contributed by atoms with Gasteiger partial charge >= 0.3 is 5.97 Å². The van der Waals surface area contributed by atoms with Crippen molar-refractivity contribution in [1.29, 1.82) is 0 Å². The van der Waals surface area contributed by atoms with Crippen molar-refractivity contribution < 1.29 is 19.1 Å². The molecule has 0 aliphatic carbocycles. The normalized spacial score (nSPS) is 27.4. The number of carbonyl (C=O) groups is 2. The first-order valence-electron chi connectivity index (χ1n) is 10.0. The van der Waals surface area contributed by atoms with Gasteiger partial charge in [0.05, 0.1) is 5.02 Å². The number of amides is 1. The molecule has 2 aliphatic rings. The molecule has 0 saturated carbocycles. The van der Waals surface area contributed by atoms with Gasteiger partial charge in [0.15, 0.2) is 0 Å². The van der Waals surface area contributed by atoms with Crippen molar-refractivity contribution >= 4 is 40.8 Å². The Morgan fingerprint density at radius 3 is 2.52 bits per heavy atom. The van der Waals surface area contributed by atoms with Gasteiger partial charge in [-0.05, 0) is 47.2 Å². The molecule has 1 amide bonds. The molecule has 2 aliphatic heterocycles. The molecule has 2 aromatic rings. The predicted octanol–water partition coefficient (Wildman–Crippen LogP) is 4.97. The van der Waals surface area contributed by atoms with Crippen LogP contribution in [0, 0.1) is 11.2 Å². The SMILES string of the molecule is CC(C)(C)C[C@@H]1N[C@@H](C(=O)O)[C@H](c2ccc(F)c(Cl)c2)C12C(=O)Nc1cc(Cl)ccc12. The van der Waals surface area contributed by atoms with E-state index in [-0.39, 0.29) is 16.3 Å². The second-order valence-corrected chi connectivity index (χ2v) is 10.3. The van der Waals surface area contributed by atoms with E-state index in [1.807, 2.05) is 20.8 Å². The summed E-state index contributed by atoms with van der Waals surface area (Å²) >= 11 is 12.2. The van der Waals surface area contributed by atoms with Crippen LogP contribution in [0.1, 0.15) is 44.2 Å². The van der Waals surface area contributed by atoms with E-state index in [4.69, 9.17) is 23.2 Å². The fourth-order valence-corrected chi connectivity index (χ4v) is 5.48. The zero-order chi connectivity index (χ0) is 22.7. The van der Waals surface area contributed by atoms with Crippen molar-refractivity contribution in [3.8, 4) is 0 Å². The van der Waals surface area contributed by atoms with Gasteiger partial charge in [0.2, 0.25) is 5.91 Å². The number of benzene rings is 2. The standard InChI is InChI=1S/C23H23Cl2FN2O3/c1-22(2,3)10-17-23(13-6-5-12(24)9-16(13)27-21(23)31)18(19(28-17)20(29)30)11-4-7-15(26)14(25)8-11/h4-9,17-19,28H,10H2,1-3H3,(H,27,31)(H,29,30)/t17-,18-,19+,23?/m0/s1. The predicted molar refractivity (Wildman–Crippen MR) is 118 cm³/mol. The first-order valence-corrected chi connectivity index (χ1v) is 10.8. The molecular weight excluding hydrogens is 442 g/mol. The molecule has 0 bridgehead atoms. The van der Waals surface area contributed by atoms with Crippen molar-refractivity contribution in [3.05, 3.63) is 63.4 Å². The number of anilines is 1. The molecule has 4 atom stereocenters. The molecule has 0 radical (unpaired) electrons. The highest BCUT2D eigenvalue weighted by atomic mass is 35.5. The summed E-state index contributed by atoms with van der Waals surface area (Å²) in [5.74, 6) is -2.80. The number of aliphatic carboxylic acids is 1. The lowest BCUT2D eigenvalue weighted by Crippen LogP contribution is -2.49. The first-order chi connectivity index (χ1) is 14.4. The summed E-state index contributed by atoms with van der Waals surface area (Å²) in [6.07, 6.45) is 0.539. The minimum atomic E-state index is -1.22. The largest absolute Gasteiger partial charge is 0.480 e. The maximum atomic E-state index is 13.9. The second-order valence-electron chi connectivity index (χ2n) is 9.46. The summed E-state index contributed by atoms with van der Waals surface area (Å²) in [6, 6.07) is 7.71. The van der Waals surface area contributed by atoms with E-state index < -0.39 is 35.2 Å². The van der Waals surface area contributed by atoms with Crippen molar-refractivity contribution in [1.82, 2.24) is 5.32 Å². The van der Waals surface area contributed by atoms with Crippen LogP contribution in [0.25, 0.3) is 0 Å². The van der Waals surface area contributed by atoms with Crippen LogP contribution in [-0.4, -0.2) is 29.1 Å². The Morgan fingerprint density at radius 2 is 1.90 bits per heavy atom. The average molecular weight is 465 g/mol. The van der Waals surface area contributed by atoms with E-state index in [9.17, 15) is 19.1 Å². The minimum Gasteiger partial charge on any atom is -0.480 e. The number of nitrogens with one attached hydrogen (secondary N) is 2. The Hall–Kier alpha value is -2.15. The summed E-state index contributed by atoms with van der Waals surface area (Å²) in [5.41, 5.74) is 0.302. The Labute approximate surface area is 189 Å². The van der Waals surface area contributed by atoms with Gasteiger partial charge in [-0.15, -0.1) is 0 Å². The van der Waals surface area contributed by atoms with Crippen LogP contribution >= 0.6 is 23.2 Å². The van der Waals surface area contributed by atoms with E-state index in [1.54, 1.807) is 18.2 Å². The highest BCUT2D eigenvalue weighted by Gasteiger charge is 2.65. The molecule has 2 aromatic carbocycles. The lowest BCUT2D eigenvalue weighted by Gasteiger charge is -2.37. The maximum Gasteiger partial charge on any atom is 0.321 e. The Balaban J connectivity index is 2.01. The van der Waals surface area contributed by atoms with E-state index >= 15 is 0 Å². The monoisotopic (exact) mass is 464 g/mol. The summed E-state index contributed by atoms with van der Waals surface area (Å²) in [4.78, 5) is 26.0. The van der Waals surface area contributed by atoms with E-state index in [0.29, 0.717) is 28.3 Å². The van der Waals surface area contributed by atoms with Crippen LogP contribution in [0.15, 0.2) is 36.4 Å². The van der Waals surface area contributed by atoms with E-state index in [1.165, 1.54) is 18.2 Å². The van der Waals surface area contributed by atoms with Crippen LogP contribution in [0.5, 0.6) is 0 Å². The second kappa shape index (κ2) is 7.47. The van der Waals surface area contributed by atoms with Gasteiger partial charge in [0.1, 0.15) is 17.3 Å². The summed E-state index contributed by atoms with van der Waals surface area (Å²) < 4.78 is 13.9. The third-order valence-electron chi connectivity index (χ3n) is 6.19. The molecule has 31 heavy (non-hydrogen) atoms. The van der Waals surface area contributed by atoms with Gasteiger partial charge in [0, 0.05) is 22.7 Å². The highest BCUT2D eigenvalue weighted by Crippen LogP contribution is 2.56. The topological polar surface area (TPSA) is 78.4 Å². The van der Waals surface area contributed by atoms with Gasteiger partial charge in [-0.1, -0.05) is 56.1 Å². The van der Waals surface area contributed by atoms with Crippen LogP contribution in [0.3, 0.4) is 0 Å². The fourth-order valence-electron chi connectivity index (χ4n) is 5.11. The zero-order valence-electron chi connectivity index (χ0n) is 17.3. The molecule has 1 spiro atoms. The quantitative estimate of drug-likeness (QED) is 0.599.